The molecule has 0 spiro atoms. The van der Waals surface area contributed by atoms with Crippen LogP contribution in [0.1, 0.15) is 31.2 Å². The highest BCUT2D eigenvalue weighted by Crippen LogP contribution is 2.32. The van der Waals surface area contributed by atoms with E-state index in [2.05, 4.69) is 0 Å². The van der Waals surface area contributed by atoms with Crippen molar-refractivity contribution in [3.63, 3.8) is 0 Å². The fourth-order valence-corrected chi connectivity index (χ4v) is 2.32. The Labute approximate surface area is 112 Å². The van der Waals surface area contributed by atoms with Gasteiger partial charge < -0.3 is 14.9 Å². The van der Waals surface area contributed by atoms with Crippen molar-refractivity contribution in [2.24, 2.45) is 5.73 Å². The van der Waals surface area contributed by atoms with Crippen molar-refractivity contribution in [2.75, 3.05) is 7.11 Å². The molecule has 2 aromatic rings. The smallest absolute Gasteiger partial charge is 0.306 e. The average molecular weight is 261 g/mol. The highest BCUT2D eigenvalue weighted by Gasteiger charge is 2.25. The van der Waals surface area contributed by atoms with Crippen molar-refractivity contribution in [3.8, 4) is 0 Å². The maximum atomic E-state index is 11.6. The van der Waals surface area contributed by atoms with E-state index in [9.17, 15) is 4.79 Å². The number of nitrogens with two attached hydrogens (primary N) is 1. The van der Waals surface area contributed by atoms with Gasteiger partial charge in [0, 0.05) is 22.9 Å². The van der Waals surface area contributed by atoms with Crippen molar-refractivity contribution in [3.05, 3.63) is 36.1 Å². The van der Waals surface area contributed by atoms with Crippen molar-refractivity contribution in [2.45, 2.75) is 31.7 Å². The second kappa shape index (κ2) is 5.89. The van der Waals surface area contributed by atoms with E-state index in [-0.39, 0.29) is 24.3 Å². The zero-order valence-corrected chi connectivity index (χ0v) is 11.3. The molecular formula is C15H19NO3. The van der Waals surface area contributed by atoms with Crippen LogP contribution in [0.4, 0.5) is 0 Å². The van der Waals surface area contributed by atoms with E-state index in [0.29, 0.717) is 0 Å². The highest BCUT2D eigenvalue weighted by atomic mass is 16.5. The number of ether oxygens (including phenoxy) is 1. The minimum Gasteiger partial charge on any atom is -0.469 e. The van der Waals surface area contributed by atoms with Crippen LogP contribution in [0.3, 0.4) is 0 Å². The third-order valence-electron chi connectivity index (χ3n) is 3.51. The maximum absolute atomic E-state index is 11.6. The number of carbonyl (C=O) groups is 1. The van der Waals surface area contributed by atoms with Gasteiger partial charge in [0.2, 0.25) is 0 Å². The predicted molar refractivity (Wildman–Crippen MR) is 73.9 cm³/mol. The number of furan rings is 1. The first kappa shape index (κ1) is 13.6. The van der Waals surface area contributed by atoms with Gasteiger partial charge in [0.1, 0.15) is 5.58 Å². The fraction of sp³-hybridized carbons (Fsp3) is 0.400. The molecule has 0 bridgehead atoms. The third kappa shape index (κ3) is 2.79. The minimum absolute atomic E-state index is 0.0823. The Morgan fingerprint density at radius 2 is 2.16 bits per heavy atom. The lowest BCUT2D eigenvalue weighted by Crippen LogP contribution is -2.29. The first-order valence-corrected chi connectivity index (χ1v) is 6.45. The van der Waals surface area contributed by atoms with E-state index in [1.165, 1.54) is 7.11 Å². The lowest BCUT2D eigenvalue weighted by atomic mass is 9.87. The second-order valence-electron chi connectivity index (χ2n) is 4.65. The van der Waals surface area contributed by atoms with Gasteiger partial charge in [-0.25, -0.2) is 0 Å². The number of para-hydroxylation sites is 1. The molecule has 4 heteroatoms. The van der Waals surface area contributed by atoms with Crippen LogP contribution >= 0.6 is 0 Å². The molecule has 2 atom stereocenters. The number of rotatable bonds is 5. The molecule has 0 radical (unpaired) electrons. The zero-order chi connectivity index (χ0) is 13.8. The number of methoxy groups -OCH3 is 1. The third-order valence-corrected chi connectivity index (χ3v) is 3.51. The summed E-state index contributed by atoms with van der Waals surface area (Å²) < 4.78 is 10.3. The van der Waals surface area contributed by atoms with Crippen molar-refractivity contribution in [1.82, 2.24) is 0 Å². The quantitative estimate of drug-likeness (QED) is 0.840. The van der Waals surface area contributed by atoms with Crippen LogP contribution in [0.25, 0.3) is 11.0 Å². The first-order valence-electron chi connectivity index (χ1n) is 6.45. The van der Waals surface area contributed by atoms with Gasteiger partial charge in [0.15, 0.2) is 0 Å². The summed E-state index contributed by atoms with van der Waals surface area (Å²) in [6.07, 6.45) is 2.77. The van der Waals surface area contributed by atoms with Crippen LogP contribution in [-0.4, -0.2) is 19.1 Å². The number of hydrogen-bond donors (Lipinski definition) is 1. The van der Waals surface area contributed by atoms with E-state index in [1.807, 2.05) is 31.2 Å². The van der Waals surface area contributed by atoms with Gasteiger partial charge in [0.05, 0.1) is 19.8 Å². The standard InChI is InChI=1S/C15H19NO3/c1-3-13(16)11(8-15(17)18-2)12-9-19-14-7-5-4-6-10(12)14/h4-7,9,11,13H,3,8,16H2,1-2H3. The van der Waals surface area contributed by atoms with Crippen LogP contribution in [0.15, 0.2) is 34.9 Å². The summed E-state index contributed by atoms with van der Waals surface area (Å²) in [6.45, 7) is 2.01. The summed E-state index contributed by atoms with van der Waals surface area (Å²) in [5, 5.41) is 1.01. The van der Waals surface area contributed by atoms with Crippen LogP contribution in [0, 0.1) is 0 Å². The molecule has 2 rings (SSSR count). The summed E-state index contributed by atoms with van der Waals surface area (Å²) in [7, 11) is 1.39. The summed E-state index contributed by atoms with van der Waals surface area (Å²) >= 11 is 0. The van der Waals surface area contributed by atoms with E-state index < -0.39 is 0 Å². The molecule has 1 aromatic carbocycles. The molecule has 0 aliphatic carbocycles. The normalized spacial score (nSPS) is 14.3. The first-order chi connectivity index (χ1) is 9.17. The molecule has 1 heterocycles. The van der Waals surface area contributed by atoms with Gasteiger partial charge in [0.25, 0.3) is 0 Å². The van der Waals surface area contributed by atoms with Gasteiger partial charge >= 0.3 is 5.97 Å². The summed E-state index contributed by atoms with van der Waals surface area (Å²) in [4.78, 5) is 11.6. The Hall–Kier alpha value is -1.81. The number of fused-ring (bicyclic) bond motifs is 1. The lowest BCUT2D eigenvalue weighted by molar-refractivity contribution is -0.141. The minimum atomic E-state index is -0.251. The molecule has 0 amide bonds. The number of carbonyl (C=O) groups excluding carboxylic acids is 1. The predicted octanol–water partition coefficient (Wildman–Crippen LogP) is 2.82. The molecule has 19 heavy (non-hydrogen) atoms. The molecule has 0 saturated heterocycles. The molecule has 0 fully saturated rings. The summed E-state index contributed by atoms with van der Waals surface area (Å²) in [5.41, 5.74) is 7.95. The van der Waals surface area contributed by atoms with Gasteiger partial charge in [-0.15, -0.1) is 0 Å². The summed E-state index contributed by atoms with van der Waals surface area (Å²) in [5.74, 6) is -0.333. The van der Waals surface area contributed by atoms with E-state index in [4.69, 9.17) is 14.9 Å². The molecule has 1 aromatic heterocycles. The van der Waals surface area contributed by atoms with Crippen LogP contribution < -0.4 is 5.73 Å². The monoisotopic (exact) mass is 261 g/mol. The molecule has 0 aliphatic rings. The van der Waals surface area contributed by atoms with Crippen molar-refractivity contribution in [1.29, 1.82) is 0 Å². The molecule has 2 unspecified atom stereocenters. The Bertz CT molecular complexity index is 561. The van der Waals surface area contributed by atoms with E-state index in [0.717, 1.165) is 23.0 Å². The van der Waals surface area contributed by atoms with E-state index >= 15 is 0 Å². The Morgan fingerprint density at radius 1 is 1.42 bits per heavy atom. The molecule has 0 aliphatic heterocycles. The molecular weight excluding hydrogens is 242 g/mol. The van der Waals surface area contributed by atoms with Crippen LogP contribution in [0.2, 0.25) is 0 Å². The highest BCUT2D eigenvalue weighted by molar-refractivity contribution is 5.82. The number of esters is 1. The fourth-order valence-electron chi connectivity index (χ4n) is 2.32. The van der Waals surface area contributed by atoms with Crippen molar-refractivity contribution < 1.29 is 13.9 Å². The Balaban J connectivity index is 2.39. The summed E-state index contributed by atoms with van der Waals surface area (Å²) in [6, 6.07) is 7.67. The topological polar surface area (TPSA) is 65.5 Å². The molecule has 0 saturated carbocycles. The van der Waals surface area contributed by atoms with Gasteiger partial charge in [-0.05, 0) is 12.5 Å². The van der Waals surface area contributed by atoms with Crippen LogP contribution in [-0.2, 0) is 9.53 Å². The number of hydrogen-bond acceptors (Lipinski definition) is 4. The van der Waals surface area contributed by atoms with Crippen LogP contribution in [0.5, 0.6) is 0 Å². The van der Waals surface area contributed by atoms with Gasteiger partial charge in [-0.1, -0.05) is 25.1 Å². The Morgan fingerprint density at radius 3 is 2.84 bits per heavy atom. The second-order valence-corrected chi connectivity index (χ2v) is 4.65. The van der Waals surface area contributed by atoms with Gasteiger partial charge in [-0.2, -0.15) is 0 Å². The van der Waals surface area contributed by atoms with Gasteiger partial charge in [-0.3, -0.25) is 4.79 Å². The lowest BCUT2D eigenvalue weighted by Gasteiger charge is -2.21. The SMILES string of the molecule is CCC(N)C(CC(=O)OC)c1coc2ccccc12. The number of benzene rings is 1. The largest absolute Gasteiger partial charge is 0.469 e. The average Bonchev–Trinajstić information content (AvgIpc) is 2.87. The Kier molecular flexibility index (Phi) is 4.22. The van der Waals surface area contributed by atoms with Crippen molar-refractivity contribution >= 4 is 16.9 Å². The van der Waals surface area contributed by atoms with E-state index in [1.54, 1.807) is 6.26 Å². The molecule has 102 valence electrons. The molecule has 4 nitrogen and oxygen atoms in total. The molecule has 2 N–H and O–H groups in total. The maximum Gasteiger partial charge on any atom is 0.306 e. The zero-order valence-electron chi connectivity index (χ0n) is 11.3.